The number of benzene rings is 2. The van der Waals surface area contributed by atoms with Gasteiger partial charge in [0.05, 0.1) is 15.6 Å². The molecule has 1 aromatic heterocycles. The zero-order valence-electron chi connectivity index (χ0n) is 11.0. The maximum absolute atomic E-state index is 6.03. The lowest BCUT2D eigenvalue weighted by atomic mass is 10.1. The first-order valence-electron chi connectivity index (χ1n) is 6.35. The van der Waals surface area contributed by atoms with Crippen molar-refractivity contribution in [1.82, 2.24) is 4.98 Å². The molecule has 0 aliphatic carbocycles. The number of nitrogens with zero attached hydrogens (tertiary/aromatic N) is 1. The van der Waals surface area contributed by atoms with Crippen molar-refractivity contribution in [3.63, 3.8) is 0 Å². The van der Waals surface area contributed by atoms with Crippen LogP contribution in [0.15, 0.2) is 53.4 Å². The smallest absolute Gasteiger partial charge is 0.128 e. The predicted molar refractivity (Wildman–Crippen MR) is 92.2 cm³/mol. The lowest BCUT2D eigenvalue weighted by Crippen LogP contribution is -1.97. The third kappa shape index (κ3) is 3.26. The fourth-order valence-corrected chi connectivity index (χ4v) is 3.30. The van der Waals surface area contributed by atoms with Crippen molar-refractivity contribution >= 4 is 51.7 Å². The van der Waals surface area contributed by atoms with Crippen molar-refractivity contribution in [2.24, 2.45) is 0 Å². The second-order valence-electron chi connectivity index (χ2n) is 4.59. The van der Waals surface area contributed by atoms with Gasteiger partial charge in [0, 0.05) is 21.6 Å². The molecule has 0 spiro atoms. The summed E-state index contributed by atoms with van der Waals surface area (Å²) in [6, 6.07) is 15.6. The van der Waals surface area contributed by atoms with Crippen molar-refractivity contribution in [2.45, 2.75) is 10.6 Å². The molecule has 0 radical (unpaired) electrons. The lowest BCUT2D eigenvalue weighted by molar-refractivity contribution is 1.31. The van der Waals surface area contributed by atoms with Crippen LogP contribution in [0.2, 0.25) is 10.0 Å². The third-order valence-corrected chi connectivity index (χ3v) is 4.90. The average molecular weight is 335 g/mol. The molecule has 3 aromatic rings. The topological polar surface area (TPSA) is 38.9 Å². The first-order valence-corrected chi connectivity index (χ1v) is 8.09. The molecule has 0 fully saturated rings. The fraction of sp³-hybridized carbons (Fsp3) is 0.0625. The molecule has 3 rings (SSSR count). The Morgan fingerprint density at radius 2 is 1.81 bits per heavy atom. The van der Waals surface area contributed by atoms with Crippen molar-refractivity contribution in [2.75, 3.05) is 5.73 Å². The van der Waals surface area contributed by atoms with Gasteiger partial charge < -0.3 is 5.73 Å². The molecule has 1 heterocycles. The highest BCUT2D eigenvalue weighted by Crippen LogP contribution is 2.31. The van der Waals surface area contributed by atoms with Gasteiger partial charge in [-0.1, -0.05) is 41.4 Å². The number of hydrogen-bond acceptors (Lipinski definition) is 3. The van der Waals surface area contributed by atoms with Gasteiger partial charge in [0.1, 0.15) is 5.82 Å². The van der Waals surface area contributed by atoms with Gasteiger partial charge in [-0.3, -0.25) is 0 Å². The summed E-state index contributed by atoms with van der Waals surface area (Å²) >= 11 is 13.6. The van der Waals surface area contributed by atoms with Gasteiger partial charge in [0.25, 0.3) is 0 Å². The second-order valence-corrected chi connectivity index (χ2v) is 6.45. The molecule has 0 saturated heterocycles. The van der Waals surface area contributed by atoms with E-state index in [1.54, 1.807) is 17.8 Å². The van der Waals surface area contributed by atoms with Crippen LogP contribution in [0.25, 0.3) is 10.9 Å². The molecule has 2 aromatic carbocycles. The molecular weight excluding hydrogens is 323 g/mol. The Balaban J connectivity index is 1.84. The summed E-state index contributed by atoms with van der Waals surface area (Å²) < 4.78 is 0. The van der Waals surface area contributed by atoms with Gasteiger partial charge in [-0.25, -0.2) is 4.98 Å². The molecule has 5 heteroatoms. The molecule has 0 bridgehead atoms. The van der Waals surface area contributed by atoms with Crippen LogP contribution in [0, 0.1) is 0 Å². The number of nitrogen functional groups attached to an aromatic ring is 1. The van der Waals surface area contributed by atoms with E-state index in [0.717, 1.165) is 27.1 Å². The maximum Gasteiger partial charge on any atom is 0.128 e. The van der Waals surface area contributed by atoms with E-state index in [1.807, 2.05) is 36.4 Å². The van der Waals surface area contributed by atoms with E-state index in [9.17, 15) is 0 Å². The maximum atomic E-state index is 6.03. The van der Waals surface area contributed by atoms with Crippen LogP contribution in [-0.2, 0) is 5.75 Å². The summed E-state index contributed by atoms with van der Waals surface area (Å²) in [5.74, 6) is 1.31. The number of aromatic nitrogens is 1. The molecule has 106 valence electrons. The minimum atomic E-state index is 0.561. The van der Waals surface area contributed by atoms with Gasteiger partial charge in [-0.2, -0.15) is 0 Å². The molecule has 21 heavy (non-hydrogen) atoms. The SMILES string of the molecule is Nc1nc2ccccc2cc1CSc1ccc(Cl)c(Cl)c1. The monoisotopic (exact) mass is 334 g/mol. The molecule has 0 aliphatic heterocycles. The quantitative estimate of drug-likeness (QED) is 0.650. The summed E-state index contributed by atoms with van der Waals surface area (Å²) in [7, 11) is 0. The lowest BCUT2D eigenvalue weighted by Gasteiger charge is -2.08. The standard InChI is InChI=1S/C16H12Cl2N2S/c17-13-6-5-12(8-14(13)18)21-9-11-7-10-3-1-2-4-15(10)20-16(11)19/h1-8H,9H2,(H2,19,20). The Morgan fingerprint density at radius 1 is 1.00 bits per heavy atom. The highest BCUT2D eigenvalue weighted by molar-refractivity contribution is 7.98. The summed E-state index contributed by atoms with van der Waals surface area (Å²) in [5, 5.41) is 2.22. The summed E-state index contributed by atoms with van der Waals surface area (Å²) in [5.41, 5.74) is 7.97. The van der Waals surface area contributed by atoms with Gasteiger partial charge in [0.2, 0.25) is 0 Å². The van der Waals surface area contributed by atoms with Gasteiger partial charge in [-0.05, 0) is 30.3 Å². The van der Waals surface area contributed by atoms with Crippen LogP contribution in [0.1, 0.15) is 5.56 Å². The van der Waals surface area contributed by atoms with Gasteiger partial charge >= 0.3 is 0 Å². The Kier molecular flexibility index (Phi) is 4.24. The zero-order valence-corrected chi connectivity index (χ0v) is 13.3. The number of thioether (sulfide) groups is 1. The molecule has 0 unspecified atom stereocenters. The highest BCUT2D eigenvalue weighted by atomic mass is 35.5. The van der Waals surface area contributed by atoms with E-state index >= 15 is 0 Å². The Hall–Kier alpha value is -1.42. The minimum absolute atomic E-state index is 0.561. The van der Waals surface area contributed by atoms with Crippen LogP contribution in [0.4, 0.5) is 5.82 Å². The first-order chi connectivity index (χ1) is 10.1. The van der Waals surface area contributed by atoms with Crippen LogP contribution < -0.4 is 5.73 Å². The number of halogens is 2. The predicted octanol–water partition coefficient (Wildman–Crippen LogP) is 5.42. The number of rotatable bonds is 3. The second kappa shape index (κ2) is 6.14. The molecule has 0 saturated carbocycles. The number of fused-ring (bicyclic) bond motifs is 1. The number of para-hydroxylation sites is 1. The van der Waals surface area contributed by atoms with E-state index in [-0.39, 0.29) is 0 Å². The van der Waals surface area contributed by atoms with E-state index < -0.39 is 0 Å². The minimum Gasteiger partial charge on any atom is -0.383 e. The normalized spacial score (nSPS) is 11.0. The summed E-state index contributed by atoms with van der Waals surface area (Å²) in [4.78, 5) is 5.49. The van der Waals surface area contributed by atoms with E-state index in [4.69, 9.17) is 28.9 Å². The zero-order chi connectivity index (χ0) is 14.8. The Bertz CT molecular complexity index is 805. The molecule has 2 N–H and O–H groups in total. The summed E-state index contributed by atoms with van der Waals surface area (Å²) in [6.45, 7) is 0. The molecular formula is C16H12Cl2N2S. The van der Waals surface area contributed by atoms with Gasteiger partial charge in [-0.15, -0.1) is 11.8 Å². The number of nitrogens with two attached hydrogens (primary N) is 1. The summed E-state index contributed by atoms with van der Waals surface area (Å²) in [6.07, 6.45) is 0. The van der Waals surface area contributed by atoms with E-state index in [0.29, 0.717) is 15.9 Å². The van der Waals surface area contributed by atoms with Crippen molar-refractivity contribution < 1.29 is 0 Å². The molecule has 0 amide bonds. The van der Waals surface area contributed by atoms with Crippen LogP contribution >= 0.6 is 35.0 Å². The Labute approximate surface area is 137 Å². The fourth-order valence-electron chi connectivity index (χ4n) is 2.02. The highest BCUT2D eigenvalue weighted by Gasteiger charge is 2.06. The molecule has 2 nitrogen and oxygen atoms in total. The molecule has 0 aliphatic rings. The van der Waals surface area contributed by atoms with Crippen LogP contribution in [-0.4, -0.2) is 4.98 Å². The van der Waals surface area contributed by atoms with Crippen molar-refractivity contribution in [1.29, 1.82) is 0 Å². The van der Waals surface area contributed by atoms with Gasteiger partial charge in [0.15, 0.2) is 0 Å². The average Bonchev–Trinajstić information content (AvgIpc) is 2.48. The van der Waals surface area contributed by atoms with E-state index in [2.05, 4.69) is 11.1 Å². The largest absolute Gasteiger partial charge is 0.383 e. The number of anilines is 1. The molecule has 0 atom stereocenters. The third-order valence-electron chi connectivity index (χ3n) is 3.12. The number of hydrogen-bond donors (Lipinski definition) is 1. The van der Waals surface area contributed by atoms with Crippen molar-refractivity contribution in [3.8, 4) is 0 Å². The van der Waals surface area contributed by atoms with Crippen LogP contribution in [0.5, 0.6) is 0 Å². The first kappa shape index (κ1) is 14.5. The Morgan fingerprint density at radius 3 is 2.62 bits per heavy atom. The number of pyridine rings is 1. The van der Waals surface area contributed by atoms with Crippen molar-refractivity contribution in [3.05, 3.63) is 64.1 Å². The van der Waals surface area contributed by atoms with E-state index in [1.165, 1.54) is 0 Å². The van der Waals surface area contributed by atoms with Crippen LogP contribution in [0.3, 0.4) is 0 Å².